The fraction of sp³-hybridized carbons (Fsp3) is 0.667. The summed E-state index contributed by atoms with van der Waals surface area (Å²) < 4.78 is 0. The number of aromatic nitrogens is 1. The van der Waals surface area contributed by atoms with E-state index < -0.39 is 0 Å². The van der Waals surface area contributed by atoms with Crippen molar-refractivity contribution in [2.75, 3.05) is 19.6 Å². The first kappa shape index (κ1) is 13.5. The Bertz CT molecular complexity index is 331. The number of pyridine rings is 1. The van der Waals surface area contributed by atoms with Gasteiger partial charge in [-0.2, -0.15) is 0 Å². The third-order valence-corrected chi connectivity index (χ3v) is 3.39. The maximum Gasteiger partial charge on any atom is 0.0312 e. The minimum atomic E-state index is 0.681. The van der Waals surface area contributed by atoms with Gasteiger partial charge in [-0.05, 0) is 36.9 Å². The van der Waals surface area contributed by atoms with Crippen LogP contribution in [0.4, 0.5) is 0 Å². The molecule has 1 aromatic rings. The van der Waals surface area contributed by atoms with Crippen LogP contribution in [-0.4, -0.2) is 35.6 Å². The summed E-state index contributed by atoms with van der Waals surface area (Å²) in [5, 5.41) is 3.59. The van der Waals surface area contributed by atoms with Gasteiger partial charge in [0.2, 0.25) is 0 Å². The summed E-state index contributed by atoms with van der Waals surface area (Å²) in [6, 6.07) is 4.87. The van der Waals surface area contributed by atoms with Crippen LogP contribution in [0.25, 0.3) is 0 Å². The van der Waals surface area contributed by atoms with Crippen LogP contribution in [0.3, 0.4) is 0 Å². The number of hydrogen-bond donors (Lipinski definition) is 1. The van der Waals surface area contributed by atoms with E-state index in [0.717, 1.165) is 19.6 Å². The zero-order valence-electron chi connectivity index (χ0n) is 11.6. The van der Waals surface area contributed by atoms with Crippen molar-refractivity contribution >= 4 is 0 Å². The Kier molecular flexibility index (Phi) is 5.14. The van der Waals surface area contributed by atoms with E-state index in [1.54, 1.807) is 0 Å². The van der Waals surface area contributed by atoms with Crippen LogP contribution in [-0.2, 0) is 6.54 Å². The molecule has 1 saturated heterocycles. The van der Waals surface area contributed by atoms with E-state index in [4.69, 9.17) is 0 Å². The smallest absolute Gasteiger partial charge is 0.0312 e. The molecule has 0 spiro atoms. The molecule has 0 aromatic carbocycles. The molecule has 1 aliphatic rings. The van der Waals surface area contributed by atoms with E-state index in [1.807, 2.05) is 18.5 Å². The van der Waals surface area contributed by atoms with E-state index in [1.165, 1.54) is 24.9 Å². The first-order valence-corrected chi connectivity index (χ1v) is 7.08. The molecule has 18 heavy (non-hydrogen) atoms. The Labute approximate surface area is 111 Å². The second-order valence-corrected chi connectivity index (χ2v) is 5.74. The van der Waals surface area contributed by atoms with Gasteiger partial charge < -0.3 is 5.32 Å². The summed E-state index contributed by atoms with van der Waals surface area (Å²) in [7, 11) is 0. The molecule has 0 aliphatic carbocycles. The van der Waals surface area contributed by atoms with Crippen LogP contribution < -0.4 is 5.32 Å². The summed E-state index contributed by atoms with van der Waals surface area (Å²) in [4.78, 5) is 6.77. The molecule has 0 saturated carbocycles. The van der Waals surface area contributed by atoms with Gasteiger partial charge >= 0.3 is 0 Å². The van der Waals surface area contributed by atoms with Gasteiger partial charge in [-0.3, -0.25) is 9.88 Å². The lowest BCUT2D eigenvalue weighted by Gasteiger charge is -2.27. The molecule has 100 valence electrons. The molecule has 2 heterocycles. The van der Waals surface area contributed by atoms with Gasteiger partial charge in [-0.1, -0.05) is 19.9 Å². The van der Waals surface area contributed by atoms with Crippen molar-refractivity contribution in [3.63, 3.8) is 0 Å². The van der Waals surface area contributed by atoms with Gasteiger partial charge in [-0.15, -0.1) is 0 Å². The standard InChI is InChI=1S/C15H25N3/c1-13(2)10-18(12-15-6-4-8-17-15)11-14-5-3-7-16-9-14/h3,5,7,9,13,15,17H,4,6,8,10-12H2,1-2H3. The highest BCUT2D eigenvalue weighted by atomic mass is 15.2. The van der Waals surface area contributed by atoms with E-state index in [-0.39, 0.29) is 0 Å². The Hall–Kier alpha value is -0.930. The Balaban J connectivity index is 1.91. The average Bonchev–Trinajstić information content (AvgIpc) is 2.82. The van der Waals surface area contributed by atoms with Gasteiger partial charge in [0, 0.05) is 38.1 Å². The molecule has 1 N–H and O–H groups in total. The van der Waals surface area contributed by atoms with Gasteiger partial charge in [0.1, 0.15) is 0 Å². The first-order valence-electron chi connectivity index (χ1n) is 7.08. The molecule has 1 atom stereocenters. The van der Waals surface area contributed by atoms with Crippen molar-refractivity contribution in [1.82, 2.24) is 15.2 Å². The second kappa shape index (κ2) is 6.86. The summed E-state index contributed by atoms with van der Waals surface area (Å²) in [5.74, 6) is 0.711. The Morgan fingerprint density at radius 2 is 2.39 bits per heavy atom. The largest absolute Gasteiger partial charge is 0.313 e. The molecule has 3 heteroatoms. The SMILES string of the molecule is CC(C)CN(Cc1cccnc1)CC1CCCN1. The molecule has 0 amide bonds. The van der Waals surface area contributed by atoms with Gasteiger partial charge in [-0.25, -0.2) is 0 Å². The van der Waals surface area contributed by atoms with Crippen molar-refractivity contribution in [3.8, 4) is 0 Å². The number of hydrogen-bond acceptors (Lipinski definition) is 3. The fourth-order valence-corrected chi connectivity index (χ4v) is 2.69. The van der Waals surface area contributed by atoms with Crippen molar-refractivity contribution in [3.05, 3.63) is 30.1 Å². The molecule has 1 aliphatic heterocycles. The maximum atomic E-state index is 4.21. The quantitative estimate of drug-likeness (QED) is 0.836. The number of nitrogens with zero attached hydrogens (tertiary/aromatic N) is 2. The van der Waals surface area contributed by atoms with E-state index >= 15 is 0 Å². The molecule has 3 nitrogen and oxygen atoms in total. The highest BCUT2D eigenvalue weighted by molar-refractivity contribution is 5.08. The molecule has 1 unspecified atom stereocenters. The van der Waals surface area contributed by atoms with Crippen LogP contribution >= 0.6 is 0 Å². The highest BCUT2D eigenvalue weighted by Crippen LogP contribution is 2.11. The Morgan fingerprint density at radius 3 is 3.00 bits per heavy atom. The fourth-order valence-electron chi connectivity index (χ4n) is 2.69. The van der Waals surface area contributed by atoms with Gasteiger partial charge in [0.05, 0.1) is 0 Å². The van der Waals surface area contributed by atoms with Crippen molar-refractivity contribution in [1.29, 1.82) is 0 Å². The van der Waals surface area contributed by atoms with Crippen LogP contribution in [0, 0.1) is 5.92 Å². The lowest BCUT2D eigenvalue weighted by molar-refractivity contribution is 0.216. The maximum absolute atomic E-state index is 4.21. The third-order valence-electron chi connectivity index (χ3n) is 3.39. The third kappa shape index (κ3) is 4.39. The molecule has 1 fully saturated rings. The average molecular weight is 247 g/mol. The Morgan fingerprint density at radius 1 is 1.50 bits per heavy atom. The molecule has 0 radical (unpaired) electrons. The predicted molar refractivity (Wildman–Crippen MR) is 75.4 cm³/mol. The summed E-state index contributed by atoms with van der Waals surface area (Å²) in [5.41, 5.74) is 1.32. The van der Waals surface area contributed by atoms with Gasteiger partial charge in [0.15, 0.2) is 0 Å². The van der Waals surface area contributed by atoms with Crippen LogP contribution in [0.1, 0.15) is 32.3 Å². The minimum absolute atomic E-state index is 0.681. The van der Waals surface area contributed by atoms with Crippen LogP contribution in [0.2, 0.25) is 0 Å². The molecule has 2 rings (SSSR count). The zero-order valence-corrected chi connectivity index (χ0v) is 11.6. The summed E-state index contributed by atoms with van der Waals surface area (Å²) in [6.45, 7) is 9.11. The normalized spacial score (nSPS) is 19.9. The van der Waals surface area contributed by atoms with Crippen molar-refractivity contribution in [2.45, 2.75) is 39.3 Å². The summed E-state index contributed by atoms with van der Waals surface area (Å²) in [6.07, 6.45) is 6.47. The first-order chi connectivity index (χ1) is 8.74. The molecule has 0 bridgehead atoms. The van der Waals surface area contributed by atoms with Crippen LogP contribution in [0.5, 0.6) is 0 Å². The zero-order chi connectivity index (χ0) is 12.8. The predicted octanol–water partition coefficient (Wildman–Crippen LogP) is 2.29. The van der Waals surface area contributed by atoms with Crippen molar-refractivity contribution in [2.24, 2.45) is 5.92 Å². The number of rotatable bonds is 6. The van der Waals surface area contributed by atoms with Crippen molar-refractivity contribution < 1.29 is 0 Å². The van der Waals surface area contributed by atoms with Gasteiger partial charge in [0.25, 0.3) is 0 Å². The monoisotopic (exact) mass is 247 g/mol. The minimum Gasteiger partial charge on any atom is -0.313 e. The van der Waals surface area contributed by atoms with E-state index in [0.29, 0.717) is 12.0 Å². The molecular formula is C15H25N3. The number of nitrogens with one attached hydrogen (secondary N) is 1. The lowest BCUT2D eigenvalue weighted by Crippen LogP contribution is -2.38. The molecule has 1 aromatic heterocycles. The topological polar surface area (TPSA) is 28.2 Å². The second-order valence-electron chi connectivity index (χ2n) is 5.74. The molecular weight excluding hydrogens is 222 g/mol. The summed E-state index contributed by atoms with van der Waals surface area (Å²) >= 11 is 0. The lowest BCUT2D eigenvalue weighted by atomic mass is 10.1. The van der Waals surface area contributed by atoms with Crippen LogP contribution in [0.15, 0.2) is 24.5 Å². The highest BCUT2D eigenvalue weighted by Gasteiger charge is 2.18. The van der Waals surface area contributed by atoms with E-state index in [9.17, 15) is 0 Å². The van der Waals surface area contributed by atoms with E-state index in [2.05, 4.69) is 35.1 Å².